The second-order valence-electron chi connectivity index (χ2n) is 4.82. The highest BCUT2D eigenvalue weighted by atomic mass is 16.4. The van der Waals surface area contributed by atoms with E-state index >= 15 is 0 Å². The van der Waals surface area contributed by atoms with Crippen LogP contribution in [0.2, 0.25) is 0 Å². The number of aromatic amines is 1. The average molecular weight is 295 g/mol. The molecule has 0 atom stereocenters. The van der Waals surface area contributed by atoms with Gasteiger partial charge in [-0.3, -0.25) is 4.79 Å². The Morgan fingerprint density at radius 3 is 2.82 bits per heavy atom. The fourth-order valence-electron chi connectivity index (χ4n) is 2.18. The smallest absolute Gasteiger partial charge is 0.335 e. The third-order valence-corrected chi connectivity index (χ3v) is 3.31. The first-order valence-electron chi connectivity index (χ1n) is 6.67. The lowest BCUT2D eigenvalue weighted by Crippen LogP contribution is -2.22. The van der Waals surface area contributed by atoms with Gasteiger partial charge >= 0.3 is 5.97 Å². The van der Waals surface area contributed by atoms with Crippen molar-refractivity contribution in [1.29, 1.82) is 0 Å². The van der Waals surface area contributed by atoms with Gasteiger partial charge in [-0.15, -0.1) is 0 Å². The van der Waals surface area contributed by atoms with Crippen LogP contribution in [0.1, 0.15) is 26.3 Å². The molecule has 3 aromatic rings. The number of rotatable bonds is 4. The molecule has 0 saturated heterocycles. The number of carboxylic acid groups (broad SMARTS) is 1. The number of amides is 1. The molecule has 0 bridgehead atoms. The van der Waals surface area contributed by atoms with Gasteiger partial charge < -0.3 is 15.4 Å². The molecule has 0 aliphatic heterocycles. The first-order valence-corrected chi connectivity index (χ1v) is 6.67. The molecule has 3 N–H and O–H groups in total. The number of nitrogens with one attached hydrogen (secondary N) is 2. The summed E-state index contributed by atoms with van der Waals surface area (Å²) < 4.78 is 0. The van der Waals surface area contributed by atoms with Crippen molar-refractivity contribution in [1.82, 2.24) is 15.3 Å². The largest absolute Gasteiger partial charge is 0.478 e. The van der Waals surface area contributed by atoms with Crippen LogP contribution in [0.25, 0.3) is 11.0 Å². The molecular weight excluding hydrogens is 282 g/mol. The Labute approximate surface area is 125 Å². The number of imidazole rings is 1. The van der Waals surface area contributed by atoms with Crippen LogP contribution in [0.4, 0.5) is 0 Å². The number of aromatic carboxylic acids is 1. The molecule has 1 amide bonds. The van der Waals surface area contributed by atoms with Crippen molar-refractivity contribution in [2.24, 2.45) is 0 Å². The summed E-state index contributed by atoms with van der Waals surface area (Å²) in [7, 11) is 0. The van der Waals surface area contributed by atoms with Crippen LogP contribution in [0, 0.1) is 0 Å². The number of benzene rings is 2. The van der Waals surface area contributed by atoms with Crippen LogP contribution in [0.3, 0.4) is 0 Å². The second-order valence-corrected chi connectivity index (χ2v) is 4.82. The van der Waals surface area contributed by atoms with Crippen LogP contribution in [-0.2, 0) is 6.54 Å². The lowest BCUT2D eigenvalue weighted by molar-refractivity contribution is 0.0696. The van der Waals surface area contributed by atoms with Crippen LogP contribution in [0.15, 0.2) is 48.8 Å². The Morgan fingerprint density at radius 2 is 2.00 bits per heavy atom. The topological polar surface area (TPSA) is 95.1 Å². The van der Waals surface area contributed by atoms with Gasteiger partial charge in [-0.2, -0.15) is 0 Å². The van der Waals surface area contributed by atoms with E-state index in [-0.39, 0.29) is 18.0 Å². The zero-order valence-electron chi connectivity index (χ0n) is 11.5. The van der Waals surface area contributed by atoms with E-state index in [1.54, 1.807) is 42.7 Å². The molecule has 0 saturated carbocycles. The molecule has 0 aliphatic rings. The lowest BCUT2D eigenvalue weighted by atomic mass is 10.1. The molecule has 2 aromatic carbocycles. The Hall–Kier alpha value is -3.15. The van der Waals surface area contributed by atoms with Gasteiger partial charge in [0.05, 0.1) is 22.9 Å². The Kier molecular flexibility index (Phi) is 3.57. The van der Waals surface area contributed by atoms with Gasteiger partial charge in [-0.25, -0.2) is 9.78 Å². The Bertz CT molecular complexity index is 854. The van der Waals surface area contributed by atoms with Crippen LogP contribution in [0.5, 0.6) is 0 Å². The standard InChI is InChI=1S/C16H13N3O3/c20-15(11-4-5-13-14(7-11)19-9-18-13)17-8-10-2-1-3-12(6-10)16(21)22/h1-7,9H,8H2,(H,17,20)(H,18,19)(H,21,22). The molecule has 3 rings (SSSR count). The summed E-state index contributed by atoms with van der Waals surface area (Å²) in [6, 6.07) is 11.7. The average Bonchev–Trinajstić information content (AvgIpc) is 3.00. The molecule has 0 spiro atoms. The third kappa shape index (κ3) is 2.80. The van der Waals surface area contributed by atoms with Crippen molar-refractivity contribution in [3.63, 3.8) is 0 Å². The van der Waals surface area contributed by atoms with Gasteiger partial charge in [-0.05, 0) is 35.9 Å². The van der Waals surface area contributed by atoms with Gasteiger partial charge in [0.25, 0.3) is 5.91 Å². The summed E-state index contributed by atoms with van der Waals surface area (Å²) in [6.07, 6.45) is 1.57. The van der Waals surface area contributed by atoms with Crippen molar-refractivity contribution in [3.05, 3.63) is 65.5 Å². The number of hydrogen-bond donors (Lipinski definition) is 3. The number of carboxylic acids is 1. The van der Waals surface area contributed by atoms with Crippen molar-refractivity contribution in [2.75, 3.05) is 0 Å². The van der Waals surface area contributed by atoms with E-state index in [1.165, 1.54) is 6.07 Å². The lowest BCUT2D eigenvalue weighted by Gasteiger charge is -2.06. The number of nitrogens with zero attached hydrogens (tertiary/aromatic N) is 1. The van der Waals surface area contributed by atoms with E-state index in [9.17, 15) is 9.59 Å². The fourth-order valence-corrected chi connectivity index (χ4v) is 2.18. The molecule has 0 fully saturated rings. The first kappa shape index (κ1) is 13.8. The highest BCUT2D eigenvalue weighted by molar-refractivity contribution is 5.97. The summed E-state index contributed by atoms with van der Waals surface area (Å²) >= 11 is 0. The summed E-state index contributed by atoms with van der Waals surface area (Å²) in [5.74, 6) is -1.21. The summed E-state index contributed by atoms with van der Waals surface area (Å²) in [5.41, 5.74) is 3.04. The van der Waals surface area contributed by atoms with Gasteiger partial charge in [0.2, 0.25) is 0 Å². The number of carbonyl (C=O) groups excluding carboxylic acids is 1. The van der Waals surface area contributed by atoms with Gasteiger partial charge in [0.15, 0.2) is 0 Å². The molecule has 22 heavy (non-hydrogen) atoms. The first-order chi connectivity index (χ1) is 10.6. The van der Waals surface area contributed by atoms with Crippen LogP contribution in [-0.4, -0.2) is 27.0 Å². The zero-order chi connectivity index (χ0) is 15.5. The highest BCUT2D eigenvalue weighted by Gasteiger charge is 2.08. The minimum atomic E-state index is -0.988. The molecule has 110 valence electrons. The van der Waals surface area contributed by atoms with Crippen molar-refractivity contribution in [3.8, 4) is 0 Å². The number of carbonyl (C=O) groups is 2. The van der Waals surface area contributed by atoms with Gasteiger partial charge in [0.1, 0.15) is 0 Å². The van der Waals surface area contributed by atoms with Crippen molar-refractivity contribution in [2.45, 2.75) is 6.54 Å². The predicted molar refractivity (Wildman–Crippen MR) is 80.7 cm³/mol. The Morgan fingerprint density at radius 1 is 1.14 bits per heavy atom. The molecule has 6 nitrogen and oxygen atoms in total. The minimum Gasteiger partial charge on any atom is -0.478 e. The van der Waals surface area contributed by atoms with E-state index in [4.69, 9.17) is 5.11 Å². The highest BCUT2D eigenvalue weighted by Crippen LogP contribution is 2.12. The number of fused-ring (bicyclic) bond motifs is 1. The van der Waals surface area contributed by atoms with Gasteiger partial charge in [-0.1, -0.05) is 12.1 Å². The number of H-pyrrole nitrogens is 1. The zero-order valence-corrected chi connectivity index (χ0v) is 11.5. The number of hydrogen-bond acceptors (Lipinski definition) is 3. The maximum atomic E-state index is 12.1. The molecule has 0 unspecified atom stereocenters. The third-order valence-electron chi connectivity index (χ3n) is 3.31. The second kappa shape index (κ2) is 5.69. The molecule has 0 aliphatic carbocycles. The normalized spacial score (nSPS) is 10.5. The number of aromatic nitrogens is 2. The maximum Gasteiger partial charge on any atom is 0.335 e. The van der Waals surface area contributed by atoms with Crippen molar-refractivity contribution >= 4 is 22.9 Å². The van der Waals surface area contributed by atoms with Crippen LogP contribution >= 0.6 is 0 Å². The predicted octanol–water partition coefficient (Wildman–Crippen LogP) is 2.19. The van der Waals surface area contributed by atoms with Gasteiger partial charge in [0, 0.05) is 12.1 Å². The molecule has 6 heteroatoms. The van der Waals surface area contributed by atoms with Crippen LogP contribution < -0.4 is 5.32 Å². The molecule has 0 radical (unpaired) electrons. The minimum absolute atomic E-state index is 0.200. The molecular formula is C16H13N3O3. The SMILES string of the molecule is O=C(O)c1cccc(CNC(=O)c2ccc3nc[nH]c3c2)c1. The maximum absolute atomic E-state index is 12.1. The van der Waals surface area contributed by atoms with E-state index in [2.05, 4.69) is 15.3 Å². The Balaban J connectivity index is 1.71. The monoisotopic (exact) mass is 295 g/mol. The molecule has 1 heterocycles. The van der Waals surface area contributed by atoms with E-state index in [0.29, 0.717) is 5.56 Å². The van der Waals surface area contributed by atoms with Crippen molar-refractivity contribution < 1.29 is 14.7 Å². The van der Waals surface area contributed by atoms with E-state index < -0.39 is 5.97 Å². The summed E-state index contributed by atoms with van der Waals surface area (Å²) in [6.45, 7) is 0.265. The fraction of sp³-hybridized carbons (Fsp3) is 0.0625. The van der Waals surface area contributed by atoms with E-state index in [0.717, 1.165) is 16.6 Å². The summed E-state index contributed by atoms with van der Waals surface area (Å²) in [5, 5.41) is 11.7. The molecule has 1 aromatic heterocycles. The summed E-state index contributed by atoms with van der Waals surface area (Å²) in [4.78, 5) is 30.1. The quantitative estimate of drug-likeness (QED) is 0.687. The van der Waals surface area contributed by atoms with E-state index in [1.807, 2.05) is 0 Å².